The van der Waals surface area contributed by atoms with Gasteiger partial charge in [-0.25, -0.2) is 0 Å². The van der Waals surface area contributed by atoms with E-state index in [9.17, 15) is 30.6 Å². The average molecular weight is 505 g/mol. The predicted molar refractivity (Wildman–Crippen MR) is 144 cm³/mol. The fourth-order valence-corrected chi connectivity index (χ4v) is 2.43. The summed E-state index contributed by atoms with van der Waals surface area (Å²) < 4.78 is 0. The number of phenolic OH excluding ortho intramolecular Hbond substituents is 1. The normalized spacial score (nSPS) is 11.8. The Morgan fingerprint density at radius 3 is 0.703 bits per heavy atom. The van der Waals surface area contributed by atoms with Crippen LogP contribution in [0.5, 0.6) is 5.75 Å². The number of benzene rings is 1. The minimum atomic E-state index is -1.43. The summed E-state index contributed by atoms with van der Waals surface area (Å²) in [5.41, 5.74) is -6.88. The van der Waals surface area contributed by atoms with Crippen LogP contribution < -0.4 is 0 Å². The van der Waals surface area contributed by atoms with Crippen molar-refractivity contribution < 1.29 is 30.6 Å². The van der Waals surface area contributed by atoms with Crippen LogP contribution in [0.4, 0.5) is 0 Å². The van der Waals surface area contributed by atoms with Gasteiger partial charge < -0.3 is 30.6 Å². The predicted octanol–water partition coefficient (Wildman–Crippen LogP) is 2.00. The van der Waals surface area contributed by atoms with Crippen molar-refractivity contribution in [2.75, 3.05) is 0 Å². The smallest absolute Gasteiger partial charge is 0.149 e. The Balaban J connectivity index is 4.60. The molecule has 0 heterocycles. The molecule has 196 valence electrons. The molecule has 0 atom stereocenters. The molecule has 6 nitrogen and oxygen atoms in total. The average Bonchev–Trinajstić information content (AvgIpc) is 2.64. The Labute approximate surface area is 220 Å². The number of rotatable bonds is 0. The number of hydrogen-bond donors (Lipinski definition) is 6. The van der Waals surface area contributed by atoms with E-state index in [1.54, 1.807) is 0 Å². The SMILES string of the molecule is CC(C)(O)C#Cc1c(O)c(C#CC(C)(C)O)c(C#CC(C)(C)O)c(C#CC(C)(C)O)c1C#CC(C)(C)O. The largest absolute Gasteiger partial charge is 0.505 e. The molecule has 0 amide bonds. The lowest BCUT2D eigenvalue weighted by molar-refractivity contribution is 0.143. The third-order valence-electron chi connectivity index (χ3n) is 3.94. The molecule has 1 rings (SSSR count). The van der Waals surface area contributed by atoms with E-state index in [1.165, 1.54) is 69.2 Å². The first-order valence-corrected chi connectivity index (χ1v) is 11.6. The minimum absolute atomic E-state index is 0.0345. The summed E-state index contributed by atoms with van der Waals surface area (Å²) in [4.78, 5) is 0. The van der Waals surface area contributed by atoms with Gasteiger partial charge in [0.2, 0.25) is 0 Å². The maximum atomic E-state index is 11.3. The van der Waals surface area contributed by atoms with Gasteiger partial charge in [-0.1, -0.05) is 59.2 Å². The molecular formula is C31H36O6. The molecule has 0 saturated carbocycles. The van der Waals surface area contributed by atoms with Crippen LogP contribution in [-0.4, -0.2) is 58.6 Å². The first kappa shape index (κ1) is 31.6. The summed E-state index contributed by atoms with van der Waals surface area (Å²) in [7, 11) is 0. The van der Waals surface area contributed by atoms with E-state index >= 15 is 0 Å². The molecule has 1 aromatic carbocycles. The second-order valence-corrected chi connectivity index (χ2v) is 11.3. The molecule has 0 aliphatic carbocycles. The van der Waals surface area contributed by atoms with Crippen LogP contribution in [0.2, 0.25) is 0 Å². The monoisotopic (exact) mass is 504 g/mol. The Morgan fingerprint density at radius 2 is 0.514 bits per heavy atom. The van der Waals surface area contributed by atoms with Gasteiger partial charge in [-0.15, -0.1) is 0 Å². The Kier molecular flexibility index (Phi) is 9.35. The number of hydrogen-bond acceptors (Lipinski definition) is 6. The van der Waals surface area contributed by atoms with Gasteiger partial charge in [0.05, 0.1) is 27.8 Å². The topological polar surface area (TPSA) is 121 Å². The lowest BCUT2D eigenvalue weighted by Gasteiger charge is -2.15. The second kappa shape index (κ2) is 10.9. The van der Waals surface area contributed by atoms with Gasteiger partial charge in [0.1, 0.15) is 33.8 Å². The molecular weight excluding hydrogens is 468 g/mol. The maximum absolute atomic E-state index is 11.3. The quantitative estimate of drug-likeness (QED) is 0.301. The van der Waals surface area contributed by atoms with E-state index in [-0.39, 0.29) is 27.8 Å². The van der Waals surface area contributed by atoms with E-state index in [1.807, 2.05) is 0 Å². The van der Waals surface area contributed by atoms with Gasteiger partial charge >= 0.3 is 0 Å². The third-order valence-corrected chi connectivity index (χ3v) is 3.94. The molecule has 37 heavy (non-hydrogen) atoms. The van der Waals surface area contributed by atoms with Crippen molar-refractivity contribution in [2.24, 2.45) is 0 Å². The van der Waals surface area contributed by atoms with Crippen LogP contribution in [0, 0.1) is 59.2 Å². The molecule has 0 aliphatic rings. The van der Waals surface area contributed by atoms with Gasteiger partial charge in [0.25, 0.3) is 0 Å². The van der Waals surface area contributed by atoms with Crippen LogP contribution in [0.1, 0.15) is 97.1 Å². The lowest BCUT2D eigenvalue weighted by Crippen LogP contribution is -2.17. The first-order valence-electron chi connectivity index (χ1n) is 11.6. The summed E-state index contributed by atoms with van der Waals surface area (Å²) in [6, 6.07) is 0. The van der Waals surface area contributed by atoms with Crippen LogP contribution >= 0.6 is 0 Å². The standard InChI is InChI=1S/C31H36O6/c1-27(2,33)16-11-21-22(12-17-28(3,4)34)24(14-19-30(7,8)36)26(32)25(15-20-31(9,10)37)23(21)13-18-29(5,6)35/h32-37H,1-10H3. The number of phenols is 1. The third kappa shape index (κ3) is 11.9. The zero-order valence-corrected chi connectivity index (χ0v) is 23.2. The summed E-state index contributed by atoms with van der Waals surface area (Å²) in [6.07, 6.45) is 0. The summed E-state index contributed by atoms with van der Waals surface area (Å²) in [6.45, 7) is 14.7. The molecule has 6 heteroatoms. The highest BCUT2D eigenvalue weighted by molar-refractivity contribution is 5.76. The van der Waals surface area contributed by atoms with Gasteiger partial charge in [0, 0.05) is 0 Å². The number of aromatic hydroxyl groups is 1. The Morgan fingerprint density at radius 1 is 0.351 bits per heavy atom. The van der Waals surface area contributed by atoms with E-state index in [2.05, 4.69) is 59.2 Å². The zero-order chi connectivity index (χ0) is 29.0. The molecule has 1 aromatic rings. The van der Waals surface area contributed by atoms with Crippen LogP contribution in [-0.2, 0) is 0 Å². The van der Waals surface area contributed by atoms with Crippen molar-refractivity contribution in [2.45, 2.75) is 97.2 Å². The molecule has 0 spiro atoms. The fraction of sp³-hybridized carbons (Fsp3) is 0.484. The fourth-order valence-electron chi connectivity index (χ4n) is 2.43. The molecule has 6 N–H and O–H groups in total. The van der Waals surface area contributed by atoms with Gasteiger partial charge in [-0.2, -0.15) is 0 Å². The van der Waals surface area contributed by atoms with Crippen molar-refractivity contribution in [3.05, 3.63) is 27.8 Å². The Bertz CT molecular complexity index is 1260. The molecule has 0 saturated heterocycles. The highest BCUT2D eigenvalue weighted by atomic mass is 16.3. The molecule has 0 aromatic heterocycles. The molecule has 0 unspecified atom stereocenters. The minimum Gasteiger partial charge on any atom is -0.505 e. The van der Waals surface area contributed by atoms with E-state index < -0.39 is 33.8 Å². The zero-order valence-electron chi connectivity index (χ0n) is 23.2. The highest BCUT2D eigenvalue weighted by Crippen LogP contribution is 2.33. The van der Waals surface area contributed by atoms with Crippen LogP contribution in [0.25, 0.3) is 0 Å². The molecule has 0 fully saturated rings. The Hall–Kier alpha value is -3.38. The lowest BCUT2D eigenvalue weighted by atomic mass is 9.89. The van der Waals surface area contributed by atoms with E-state index in [0.29, 0.717) is 0 Å². The first-order chi connectivity index (χ1) is 16.4. The molecule has 0 radical (unpaired) electrons. The summed E-state index contributed by atoms with van der Waals surface area (Å²) in [5, 5.41) is 62.5. The second-order valence-electron chi connectivity index (χ2n) is 11.3. The molecule has 0 bridgehead atoms. The maximum Gasteiger partial charge on any atom is 0.149 e. The highest BCUT2D eigenvalue weighted by Gasteiger charge is 2.23. The van der Waals surface area contributed by atoms with E-state index in [4.69, 9.17) is 0 Å². The van der Waals surface area contributed by atoms with E-state index in [0.717, 1.165) is 0 Å². The van der Waals surface area contributed by atoms with Gasteiger partial charge in [0.15, 0.2) is 0 Å². The van der Waals surface area contributed by atoms with Crippen LogP contribution in [0.3, 0.4) is 0 Å². The number of aliphatic hydroxyl groups is 5. The van der Waals surface area contributed by atoms with Gasteiger partial charge in [-0.3, -0.25) is 0 Å². The summed E-state index contributed by atoms with van der Waals surface area (Å²) >= 11 is 0. The van der Waals surface area contributed by atoms with Crippen molar-refractivity contribution in [1.29, 1.82) is 0 Å². The molecule has 0 aliphatic heterocycles. The van der Waals surface area contributed by atoms with Crippen LogP contribution in [0.15, 0.2) is 0 Å². The van der Waals surface area contributed by atoms with Crippen molar-refractivity contribution in [3.8, 4) is 65.0 Å². The van der Waals surface area contributed by atoms with Crippen molar-refractivity contribution in [1.82, 2.24) is 0 Å². The van der Waals surface area contributed by atoms with Crippen molar-refractivity contribution >= 4 is 0 Å². The summed E-state index contributed by atoms with van der Waals surface area (Å²) in [5.74, 6) is 26.9. The van der Waals surface area contributed by atoms with Crippen molar-refractivity contribution in [3.63, 3.8) is 0 Å². The van der Waals surface area contributed by atoms with Gasteiger partial charge in [-0.05, 0) is 69.2 Å².